The van der Waals surface area contributed by atoms with Crippen LogP contribution < -0.4 is 4.90 Å². The summed E-state index contributed by atoms with van der Waals surface area (Å²) in [5, 5.41) is 75.3. The predicted molar refractivity (Wildman–Crippen MR) is 358 cm³/mol. The number of anilines is 3. The Hall–Kier alpha value is -12.9. The molecule has 0 fully saturated rings. The SMILES string of the molecule is C/C(=C\C=C(c1ccc(/C=C(/C#N)C(=O)O)cc1)c1ccc(/C=C(/C#N)C(=O)O)cc1)c1ccc(N(c2ccc(/C=C/c3ccc(C)c(C)c3)cc2)c2ccc(/C(C)=C/C=C(c3ccc(/C=C(\C#N)C(=O)O)cc3)c3ccc(/C=C(\C#N)C(=O)O)cc3)cc2)cc1. The van der Waals surface area contributed by atoms with Crippen LogP contribution >= 0.6 is 0 Å². The Morgan fingerprint density at radius 2 is 0.582 bits per heavy atom. The molecule has 8 rings (SSSR count). The number of benzene rings is 8. The first-order chi connectivity index (χ1) is 43.8. The molecule has 13 nitrogen and oxygen atoms in total. The van der Waals surface area contributed by atoms with Gasteiger partial charge in [0.1, 0.15) is 46.6 Å². The highest BCUT2D eigenvalue weighted by Crippen LogP contribution is 2.37. The van der Waals surface area contributed by atoms with Crippen LogP contribution in [0.5, 0.6) is 0 Å². The third kappa shape index (κ3) is 16.7. The summed E-state index contributed by atoms with van der Waals surface area (Å²) < 4.78 is 0. The molecule has 0 atom stereocenters. The quantitative estimate of drug-likeness (QED) is 0.0226. The molecule has 8 aromatic carbocycles. The fourth-order valence-corrected chi connectivity index (χ4v) is 9.59. The third-order valence-corrected chi connectivity index (χ3v) is 14.8. The molecule has 13 heteroatoms. The van der Waals surface area contributed by atoms with E-state index in [4.69, 9.17) is 0 Å². The average Bonchev–Trinajstić information content (AvgIpc) is 2.01. The average molecular weight is 1190 g/mol. The van der Waals surface area contributed by atoms with Crippen molar-refractivity contribution in [1.29, 1.82) is 21.0 Å². The Bertz CT molecular complexity index is 4170. The van der Waals surface area contributed by atoms with Gasteiger partial charge in [0.15, 0.2) is 0 Å². The van der Waals surface area contributed by atoms with Gasteiger partial charge >= 0.3 is 23.9 Å². The van der Waals surface area contributed by atoms with Crippen molar-refractivity contribution in [1.82, 2.24) is 0 Å². The van der Waals surface area contributed by atoms with E-state index in [1.165, 1.54) is 35.4 Å². The van der Waals surface area contributed by atoms with Crippen molar-refractivity contribution in [2.45, 2.75) is 27.7 Å². The van der Waals surface area contributed by atoms with Crippen LogP contribution in [0.15, 0.2) is 235 Å². The third-order valence-electron chi connectivity index (χ3n) is 14.8. The van der Waals surface area contributed by atoms with Gasteiger partial charge in [-0.3, -0.25) is 0 Å². The Balaban J connectivity index is 1.15. The fourth-order valence-electron chi connectivity index (χ4n) is 9.59. The lowest BCUT2D eigenvalue weighted by Gasteiger charge is -2.26. The molecule has 0 heterocycles. The molecule has 4 N–H and O–H groups in total. The number of nitrogens with zero attached hydrogens (tertiary/aromatic N) is 5. The van der Waals surface area contributed by atoms with Gasteiger partial charge in [0.25, 0.3) is 0 Å². The number of aryl methyl sites for hydroxylation is 2. The van der Waals surface area contributed by atoms with Crippen LogP contribution in [-0.4, -0.2) is 44.3 Å². The van der Waals surface area contributed by atoms with Crippen LogP contribution in [0, 0.1) is 59.2 Å². The maximum absolute atomic E-state index is 11.6. The number of hydrogen-bond acceptors (Lipinski definition) is 9. The van der Waals surface area contributed by atoms with Crippen LogP contribution in [0.4, 0.5) is 17.1 Å². The van der Waals surface area contributed by atoms with E-state index < -0.39 is 46.2 Å². The summed E-state index contributed by atoms with van der Waals surface area (Å²) in [7, 11) is 0. The van der Waals surface area contributed by atoms with Crippen molar-refractivity contribution in [3.05, 3.63) is 313 Å². The van der Waals surface area contributed by atoms with Gasteiger partial charge in [-0.2, -0.15) is 21.0 Å². The van der Waals surface area contributed by atoms with E-state index in [0.29, 0.717) is 22.3 Å². The minimum Gasteiger partial charge on any atom is -0.477 e. The van der Waals surface area contributed by atoms with Gasteiger partial charge in [-0.05, 0) is 189 Å². The molecule has 0 aliphatic rings. The molecule has 0 aromatic heterocycles. The van der Waals surface area contributed by atoms with Crippen LogP contribution in [0.3, 0.4) is 0 Å². The molecule has 0 amide bonds. The van der Waals surface area contributed by atoms with Gasteiger partial charge in [-0.1, -0.05) is 188 Å². The number of rotatable bonds is 21. The lowest BCUT2D eigenvalue weighted by molar-refractivity contribution is -0.133. The number of aliphatic carboxylic acids is 4. The minimum atomic E-state index is -1.33. The molecular weight excluding hydrogens is 1130 g/mol. The van der Waals surface area contributed by atoms with Crippen molar-refractivity contribution in [3.8, 4) is 24.3 Å². The number of hydrogen-bond donors (Lipinski definition) is 4. The van der Waals surface area contributed by atoms with Gasteiger partial charge < -0.3 is 25.3 Å². The molecule has 0 aliphatic heterocycles. The van der Waals surface area contributed by atoms with Crippen LogP contribution in [-0.2, 0) is 19.2 Å². The minimum absolute atomic E-state index is 0.406. The van der Waals surface area contributed by atoms with E-state index in [9.17, 15) is 60.7 Å². The monoisotopic (exact) mass is 1190 g/mol. The molecular formula is C78H57N5O8. The Kier molecular flexibility index (Phi) is 21.1. The number of nitriles is 4. The van der Waals surface area contributed by atoms with Crippen molar-refractivity contribution >= 4 is 99.7 Å². The molecule has 8 aromatic rings. The second kappa shape index (κ2) is 29.9. The topological polar surface area (TPSA) is 248 Å². The first kappa shape index (κ1) is 64.1. The molecule has 442 valence electrons. The van der Waals surface area contributed by atoms with Crippen molar-refractivity contribution in [2.24, 2.45) is 0 Å². The van der Waals surface area contributed by atoms with Gasteiger partial charge in [0, 0.05) is 17.1 Å². The highest BCUT2D eigenvalue weighted by atomic mass is 16.4. The normalized spacial score (nSPS) is 12.0. The van der Waals surface area contributed by atoms with Crippen molar-refractivity contribution in [3.63, 3.8) is 0 Å². The summed E-state index contributed by atoms with van der Waals surface area (Å²) in [4.78, 5) is 48.5. The molecule has 0 radical (unpaired) electrons. The second-order valence-electron chi connectivity index (χ2n) is 20.9. The zero-order valence-electron chi connectivity index (χ0n) is 49.8. The van der Waals surface area contributed by atoms with E-state index in [1.54, 1.807) is 72.8 Å². The highest BCUT2D eigenvalue weighted by Gasteiger charge is 2.16. The molecule has 0 aliphatic carbocycles. The first-order valence-electron chi connectivity index (χ1n) is 28.3. The number of carbonyl (C=O) groups is 4. The smallest absolute Gasteiger partial charge is 0.346 e. The summed E-state index contributed by atoms with van der Waals surface area (Å²) >= 11 is 0. The standard InChI is InChI=1S/C78H57N5O8/c1-50-5-8-55(41-53(50)4)10-9-54-19-33-70(34-20-54)83(71-35-29-60(30-36-71)51(2)6-39-73(62-21-11-56(12-22-62)42-66(46-79)75(84)85)63-23-13-57(14-24-63)43-67(47-80)76(86)87)72-37-31-61(32-38-72)52(3)7-40-74(64-25-15-58(16-26-64)44-68(48-81)77(88)89)65-27-17-59(18-28-65)45-69(49-82)78(90)91/h5-45H,1-4H3,(H,84,85)(H,86,87)(H,88,89)(H,90,91)/b10-9+,51-6+,52-7+,66-42-,67-43-,68-44+,69-45+. The van der Waals surface area contributed by atoms with Gasteiger partial charge in [-0.15, -0.1) is 0 Å². The maximum atomic E-state index is 11.6. The maximum Gasteiger partial charge on any atom is 0.346 e. The van der Waals surface area contributed by atoms with Crippen LogP contribution in [0.2, 0.25) is 0 Å². The molecule has 91 heavy (non-hydrogen) atoms. The summed E-state index contributed by atoms with van der Waals surface area (Å²) in [5.41, 5.74) is 16.1. The van der Waals surface area contributed by atoms with Gasteiger partial charge in [-0.25, -0.2) is 19.2 Å². The predicted octanol–water partition coefficient (Wildman–Crippen LogP) is 17.0. The van der Waals surface area contributed by atoms with Gasteiger partial charge in [0.2, 0.25) is 0 Å². The van der Waals surface area contributed by atoms with Gasteiger partial charge in [0.05, 0.1) is 0 Å². The molecule has 0 bridgehead atoms. The highest BCUT2D eigenvalue weighted by molar-refractivity contribution is 5.99. The largest absolute Gasteiger partial charge is 0.477 e. The summed E-state index contributed by atoms with van der Waals surface area (Å²) in [6, 6.07) is 66.3. The number of allylic oxidation sites excluding steroid dienone is 6. The fraction of sp³-hybridized carbons (Fsp3) is 0.0513. The molecule has 0 saturated carbocycles. The molecule has 0 saturated heterocycles. The summed E-state index contributed by atoms with van der Waals surface area (Å²) in [6.07, 6.45) is 17.3. The van der Waals surface area contributed by atoms with E-state index in [-0.39, 0.29) is 0 Å². The lowest BCUT2D eigenvalue weighted by Crippen LogP contribution is -2.10. The zero-order valence-corrected chi connectivity index (χ0v) is 49.8. The van der Waals surface area contributed by atoms with E-state index in [0.717, 1.165) is 83.9 Å². The van der Waals surface area contributed by atoms with Crippen LogP contribution in [0.1, 0.15) is 91.7 Å². The second-order valence-corrected chi connectivity index (χ2v) is 20.9. The van der Waals surface area contributed by atoms with Crippen LogP contribution in [0.25, 0.3) is 58.7 Å². The summed E-state index contributed by atoms with van der Waals surface area (Å²) in [6.45, 7) is 8.19. The molecule has 0 unspecified atom stereocenters. The van der Waals surface area contributed by atoms with E-state index >= 15 is 0 Å². The number of carboxylic acids is 4. The number of carboxylic acid groups (broad SMARTS) is 4. The van der Waals surface area contributed by atoms with Crippen molar-refractivity contribution < 1.29 is 39.6 Å². The lowest BCUT2D eigenvalue weighted by atomic mass is 9.94. The molecule has 0 spiro atoms. The summed E-state index contributed by atoms with van der Waals surface area (Å²) in [5.74, 6) is -5.34. The van der Waals surface area contributed by atoms with E-state index in [1.807, 2.05) is 111 Å². The zero-order chi connectivity index (χ0) is 65.1. The first-order valence-corrected chi connectivity index (χ1v) is 28.3. The van der Waals surface area contributed by atoms with Crippen molar-refractivity contribution in [2.75, 3.05) is 4.90 Å². The van der Waals surface area contributed by atoms with E-state index in [2.05, 4.69) is 97.6 Å². The Morgan fingerprint density at radius 3 is 0.857 bits per heavy atom. The Labute approximate surface area is 527 Å². The Morgan fingerprint density at radius 1 is 0.330 bits per heavy atom.